The molecule has 1 aromatic carbocycles. The van der Waals surface area contributed by atoms with Crippen molar-refractivity contribution in [2.75, 3.05) is 0 Å². The maximum atomic E-state index is 12.0. The highest BCUT2D eigenvalue weighted by Crippen LogP contribution is 2.26. The Balaban J connectivity index is 2.67. The molecule has 0 aliphatic carbocycles. The molecule has 1 rings (SSSR count). The number of hydrogen-bond donors (Lipinski definition) is 2. The maximum Gasteiger partial charge on any atom is 0.326 e. The predicted octanol–water partition coefficient (Wildman–Crippen LogP) is 2.89. The van der Waals surface area contributed by atoms with Crippen molar-refractivity contribution < 1.29 is 19.4 Å². The molecule has 0 saturated carbocycles. The molecule has 1 amide bonds. The van der Waals surface area contributed by atoms with E-state index in [4.69, 9.17) is 9.84 Å². The minimum Gasteiger partial charge on any atom is -0.480 e. The van der Waals surface area contributed by atoms with Gasteiger partial charge in [-0.3, -0.25) is 4.79 Å². The highest BCUT2D eigenvalue weighted by Gasteiger charge is 2.23. The summed E-state index contributed by atoms with van der Waals surface area (Å²) >= 11 is 3.37. The van der Waals surface area contributed by atoms with Crippen LogP contribution in [0.5, 0.6) is 5.75 Å². The lowest BCUT2D eigenvalue weighted by atomic mass is 10.1. The second kappa shape index (κ2) is 8.02. The van der Waals surface area contributed by atoms with Crippen molar-refractivity contribution in [2.45, 2.75) is 45.8 Å². The zero-order chi connectivity index (χ0) is 16.0. The first-order valence-corrected chi connectivity index (χ1v) is 7.60. The van der Waals surface area contributed by atoms with E-state index in [-0.39, 0.29) is 0 Å². The van der Waals surface area contributed by atoms with Crippen LogP contribution in [-0.2, 0) is 9.59 Å². The van der Waals surface area contributed by atoms with Crippen LogP contribution in [0.4, 0.5) is 0 Å². The number of hydrogen-bond acceptors (Lipinski definition) is 3. The van der Waals surface area contributed by atoms with Crippen LogP contribution < -0.4 is 10.1 Å². The number of aliphatic carboxylic acids is 1. The molecule has 0 aromatic heterocycles. The molecule has 0 spiro atoms. The molecule has 21 heavy (non-hydrogen) atoms. The largest absolute Gasteiger partial charge is 0.480 e. The number of ether oxygens (including phenoxy) is 1. The fourth-order valence-electron chi connectivity index (χ4n) is 1.78. The van der Waals surface area contributed by atoms with Crippen LogP contribution in [0.2, 0.25) is 0 Å². The number of amides is 1. The number of halogens is 1. The molecule has 0 bridgehead atoms. The molecule has 5 nitrogen and oxygen atoms in total. The Labute approximate surface area is 132 Å². The van der Waals surface area contributed by atoms with Crippen molar-refractivity contribution in [2.24, 2.45) is 0 Å². The Kier molecular flexibility index (Phi) is 6.68. The third kappa shape index (κ3) is 5.38. The first-order chi connectivity index (χ1) is 9.85. The summed E-state index contributed by atoms with van der Waals surface area (Å²) in [6, 6.07) is 4.65. The number of rotatable bonds is 7. The van der Waals surface area contributed by atoms with E-state index < -0.39 is 24.0 Å². The number of aryl methyl sites for hydroxylation is 1. The Morgan fingerprint density at radius 1 is 1.43 bits per heavy atom. The third-order valence-electron chi connectivity index (χ3n) is 2.95. The molecule has 1 aromatic rings. The lowest BCUT2D eigenvalue weighted by Crippen LogP contribution is -2.46. The van der Waals surface area contributed by atoms with Crippen molar-refractivity contribution in [1.82, 2.24) is 5.32 Å². The van der Waals surface area contributed by atoms with E-state index in [1.165, 1.54) is 0 Å². The van der Waals surface area contributed by atoms with Crippen molar-refractivity contribution in [3.63, 3.8) is 0 Å². The number of benzene rings is 1. The van der Waals surface area contributed by atoms with Crippen LogP contribution >= 0.6 is 15.9 Å². The lowest BCUT2D eigenvalue weighted by molar-refractivity contribution is -0.143. The van der Waals surface area contributed by atoms with E-state index in [9.17, 15) is 9.59 Å². The van der Waals surface area contributed by atoms with Crippen molar-refractivity contribution in [3.8, 4) is 5.75 Å². The Morgan fingerprint density at radius 3 is 2.62 bits per heavy atom. The Hall–Kier alpha value is -1.56. The molecule has 0 saturated heterocycles. The van der Waals surface area contributed by atoms with Gasteiger partial charge in [0.1, 0.15) is 11.8 Å². The topological polar surface area (TPSA) is 75.6 Å². The first-order valence-electron chi connectivity index (χ1n) is 6.81. The van der Waals surface area contributed by atoms with E-state index in [1.807, 2.05) is 26.0 Å². The van der Waals surface area contributed by atoms with Crippen molar-refractivity contribution in [1.29, 1.82) is 0 Å². The van der Waals surface area contributed by atoms with Gasteiger partial charge in [-0.05, 0) is 53.9 Å². The normalized spacial score (nSPS) is 13.3. The van der Waals surface area contributed by atoms with Crippen molar-refractivity contribution in [3.05, 3.63) is 28.2 Å². The van der Waals surface area contributed by atoms with Gasteiger partial charge in [-0.2, -0.15) is 0 Å². The molecular formula is C15H20BrNO4. The van der Waals surface area contributed by atoms with E-state index in [2.05, 4.69) is 21.2 Å². The average molecular weight is 358 g/mol. The van der Waals surface area contributed by atoms with Gasteiger partial charge in [0.25, 0.3) is 5.91 Å². The summed E-state index contributed by atoms with van der Waals surface area (Å²) in [6.45, 7) is 5.41. The van der Waals surface area contributed by atoms with Gasteiger partial charge in [-0.25, -0.2) is 4.79 Å². The summed E-state index contributed by atoms with van der Waals surface area (Å²) < 4.78 is 6.32. The number of carboxylic acids is 1. The molecular weight excluding hydrogens is 338 g/mol. The smallest absolute Gasteiger partial charge is 0.326 e. The zero-order valence-electron chi connectivity index (χ0n) is 12.4. The highest BCUT2D eigenvalue weighted by atomic mass is 79.9. The number of carboxylic acid groups (broad SMARTS) is 1. The van der Waals surface area contributed by atoms with Crippen LogP contribution in [0.3, 0.4) is 0 Å². The SMILES string of the molecule is CCCC(NC(=O)C(C)Oc1ccc(C)cc1Br)C(=O)O. The summed E-state index contributed by atoms with van der Waals surface area (Å²) in [4.78, 5) is 23.0. The van der Waals surface area contributed by atoms with Gasteiger partial charge in [0.2, 0.25) is 0 Å². The second-order valence-corrected chi connectivity index (χ2v) is 5.74. The van der Waals surface area contributed by atoms with Crippen LogP contribution in [0.15, 0.2) is 22.7 Å². The molecule has 2 unspecified atom stereocenters. The van der Waals surface area contributed by atoms with Crippen molar-refractivity contribution >= 4 is 27.8 Å². The molecule has 0 fully saturated rings. The number of nitrogens with one attached hydrogen (secondary N) is 1. The Morgan fingerprint density at radius 2 is 2.10 bits per heavy atom. The fourth-order valence-corrected chi connectivity index (χ4v) is 2.37. The molecule has 116 valence electrons. The van der Waals surface area contributed by atoms with Crippen LogP contribution in [0.25, 0.3) is 0 Å². The minimum atomic E-state index is -1.03. The molecule has 0 aliphatic rings. The molecule has 0 radical (unpaired) electrons. The standard InChI is InChI=1S/C15H20BrNO4/c1-4-5-12(15(19)20)17-14(18)10(3)21-13-7-6-9(2)8-11(13)16/h6-8,10,12H,4-5H2,1-3H3,(H,17,18)(H,19,20). The van der Waals surface area contributed by atoms with Gasteiger partial charge < -0.3 is 15.2 Å². The van der Waals surface area contributed by atoms with Gasteiger partial charge in [-0.15, -0.1) is 0 Å². The molecule has 2 atom stereocenters. The number of carbonyl (C=O) groups excluding carboxylic acids is 1. The van der Waals surface area contributed by atoms with Gasteiger partial charge in [-0.1, -0.05) is 19.4 Å². The van der Waals surface area contributed by atoms with Gasteiger partial charge in [0, 0.05) is 0 Å². The predicted molar refractivity (Wildman–Crippen MR) is 83.4 cm³/mol. The summed E-state index contributed by atoms with van der Waals surface area (Å²) in [6.07, 6.45) is 0.292. The van der Waals surface area contributed by atoms with E-state index in [0.717, 1.165) is 10.0 Å². The monoisotopic (exact) mass is 357 g/mol. The van der Waals surface area contributed by atoms with E-state index in [1.54, 1.807) is 13.0 Å². The quantitative estimate of drug-likeness (QED) is 0.786. The summed E-state index contributed by atoms with van der Waals surface area (Å²) in [5.41, 5.74) is 1.07. The van der Waals surface area contributed by atoms with Crippen LogP contribution in [0, 0.1) is 6.92 Å². The highest BCUT2D eigenvalue weighted by molar-refractivity contribution is 9.10. The average Bonchev–Trinajstić information content (AvgIpc) is 2.41. The van der Waals surface area contributed by atoms with Gasteiger partial charge >= 0.3 is 5.97 Å². The molecule has 2 N–H and O–H groups in total. The number of carbonyl (C=O) groups is 2. The lowest BCUT2D eigenvalue weighted by Gasteiger charge is -2.19. The third-order valence-corrected chi connectivity index (χ3v) is 3.57. The molecule has 0 heterocycles. The van der Waals surface area contributed by atoms with Crippen LogP contribution in [-0.4, -0.2) is 29.1 Å². The summed E-state index contributed by atoms with van der Waals surface area (Å²) in [5, 5.41) is 11.5. The van der Waals surface area contributed by atoms with E-state index >= 15 is 0 Å². The summed E-state index contributed by atoms with van der Waals surface area (Å²) in [5.74, 6) is -0.928. The zero-order valence-corrected chi connectivity index (χ0v) is 13.9. The van der Waals surface area contributed by atoms with Gasteiger partial charge in [0.15, 0.2) is 6.10 Å². The second-order valence-electron chi connectivity index (χ2n) is 4.88. The van der Waals surface area contributed by atoms with Crippen LogP contribution in [0.1, 0.15) is 32.3 Å². The Bertz CT molecular complexity index is 518. The van der Waals surface area contributed by atoms with Gasteiger partial charge in [0.05, 0.1) is 4.47 Å². The molecule has 0 aliphatic heterocycles. The molecule has 6 heteroatoms. The maximum absolute atomic E-state index is 12.0. The minimum absolute atomic E-state index is 0.391. The first kappa shape index (κ1) is 17.5. The summed E-state index contributed by atoms with van der Waals surface area (Å²) in [7, 11) is 0. The van der Waals surface area contributed by atoms with E-state index in [0.29, 0.717) is 18.6 Å². The fraction of sp³-hybridized carbons (Fsp3) is 0.467.